The van der Waals surface area contributed by atoms with Crippen LogP contribution in [-0.4, -0.2) is 25.2 Å². The van der Waals surface area contributed by atoms with E-state index in [0.717, 1.165) is 11.3 Å². The summed E-state index contributed by atoms with van der Waals surface area (Å²) in [7, 11) is 3.13. The molecule has 1 amide bonds. The summed E-state index contributed by atoms with van der Waals surface area (Å²) in [5.74, 6) is 0.946. The minimum Gasteiger partial charge on any atom is -0.493 e. The maximum absolute atomic E-state index is 12.7. The smallest absolute Gasteiger partial charge is 0.281 e. The van der Waals surface area contributed by atoms with Crippen molar-refractivity contribution in [2.75, 3.05) is 19.1 Å². The van der Waals surface area contributed by atoms with Gasteiger partial charge in [-0.2, -0.15) is 0 Å². The first-order valence-electron chi connectivity index (χ1n) is 7.29. The molecule has 0 atom stereocenters. The van der Waals surface area contributed by atoms with Crippen LogP contribution in [0.25, 0.3) is 6.08 Å². The Morgan fingerprint density at radius 2 is 1.79 bits per heavy atom. The Labute approximate surface area is 145 Å². The average molecular weight is 340 g/mol. The zero-order valence-corrected chi connectivity index (χ0v) is 14.1. The number of methoxy groups -OCH3 is 2. The van der Waals surface area contributed by atoms with E-state index in [0.29, 0.717) is 22.3 Å². The Balaban J connectivity index is 1.98. The molecule has 0 aromatic heterocycles. The van der Waals surface area contributed by atoms with Crippen molar-refractivity contribution in [1.29, 1.82) is 0 Å². The van der Waals surface area contributed by atoms with Gasteiger partial charge in [0.2, 0.25) is 0 Å². The lowest BCUT2D eigenvalue weighted by Crippen LogP contribution is -2.30. The molecule has 0 bridgehead atoms. The maximum Gasteiger partial charge on any atom is 0.281 e. The molecule has 0 unspecified atom stereocenters. The molecule has 1 fully saturated rings. The third-order valence-electron chi connectivity index (χ3n) is 3.63. The summed E-state index contributed by atoms with van der Waals surface area (Å²) in [6.45, 7) is 0. The summed E-state index contributed by atoms with van der Waals surface area (Å²) >= 11 is 5.30. The van der Waals surface area contributed by atoms with Crippen LogP contribution in [0.4, 0.5) is 5.69 Å². The van der Waals surface area contributed by atoms with Gasteiger partial charge in [-0.05, 0) is 36.5 Å². The topological polar surface area (TPSA) is 50.8 Å². The van der Waals surface area contributed by atoms with E-state index >= 15 is 0 Å². The van der Waals surface area contributed by atoms with Crippen LogP contribution >= 0.6 is 12.2 Å². The summed E-state index contributed by atoms with van der Waals surface area (Å²) in [6, 6.07) is 14.7. The first kappa shape index (κ1) is 16.0. The number of hydrogen-bond donors (Lipinski definition) is 1. The normalized spacial score (nSPS) is 15.6. The average Bonchev–Trinajstić information content (AvgIpc) is 2.89. The van der Waals surface area contributed by atoms with E-state index in [-0.39, 0.29) is 5.91 Å². The molecule has 0 saturated carbocycles. The highest BCUT2D eigenvalue weighted by Crippen LogP contribution is 2.33. The molecule has 0 radical (unpaired) electrons. The number of anilines is 1. The van der Waals surface area contributed by atoms with Crippen molar-refractivity contribution in [1.82, 2.24) is 5.32 Å². The van der Waals surface area contributed by atoms with Gasteiger partial charge >= 0.3 is 0 Å². The fraction of sp³-hybridized carbons (Fsp3) is 0.111. The molecular weight excluding hydrogens is 324 g/mol. The standard InChI is InChI=1S/C18H16N2O3S/c1-22-15-10-6-7-12(16(15)23-2)11-14-17(21)20(18(24)19-14)13-8-4-3-5-9-13/h3-11H,1-2H3,(H,19,24)/b14-11+. The van der Waals surface area contributed by atoms with Crippen molar-refractivity contribution in [2.45, 2.75) is 0 Å². The molecular formula is C18H16N2O3S. The summed E-state index contributed by atoms with van der Waals surface area (Å²) < 4.78 is 10.7. The third-order valence-corrected chi connectivity index (χ3v) is 3.91. The Kier molecular flexibility index (Phi) is 4.48. The van der Waals surface area contributed by atoms with Gasteiger partial charge < -0.3 is 14.8 Å². The lowest BCUT2D eigenvalue weighted by Gasteiger charge is -2.13. The van der Waals surface area contributed by atoms with Crippen LogP contribution in [0, 0.1) is 0 Å². The monoisotopic (exact) mass is 340 g/mol. The number of benzene rings is 2. The van der Waals surface area contributed by atoms with Gasteiger partial charge in [-0.25, -0.2) is 0 Å². The van der Waals surface area contributed by atoms with Crippen LogP contribution in [0.1, 0.15) is 5.56 Å². The molecule has 0 aliphatic carbocycles. The molecule has 6 heteroatoms. The van der Waals surface area contributed by atoms with Gasteiger partial charge in [0.05, 0.1) is 19.9 Å². The highest BCUT2D eigenvalue weighted by Gasteiger charge is 2.32. The van der Waals surface area contributed by atoms with Gasteiger partial charge in [-0.15, -0.1) is 0 Å². The Morgan fingerprint density at radius 1 is 1.04 bits per heavy atom. The van der Waals surface area contributed by atoms with Crippen LogP contribution in [0.2, 0.25) is 0 Å². The molecule has 24 heavy (non-hydrogen) atoms. The number of hydrogen-bond acceptors (Lipinski definition) is 4. The van der Waals surface area contributed by atoms with Crippen LogP contribution in [0.3, 0.4) is 0 Å². The van der Waals surface area contributed by atoms with Crippen molar-refractivity contribution >= 4 is 35.0 Å². The Hall–Kier alpha value is -2.86. The highest BCUT2D eigenvalue weighted by molar-refractivity contribution is 7.80. The molecule has 5 nitrogen and oxygen atoms in total. The number of para-hydroxylation sites is 2. The van der Waals surface area contributed by atoms with E-state index < -0.39 is 0 Å². The van der Waals surface area contributed by atoms with E-state index in [1.165, 1.54) is 4.90 Å². The second-order valence-electron chi connectivity index (χ2n) is 5.05. The molecule has 122 valence electrons. The minimum absolute atomic E-state index is 0.212. The summed E-state index contributed by atoms with van der Waals surface area (Å²) in [5, 5.41) is 3.31. The maximum atomic E-state index is 12.7. The quantitative estimate of drug-likeness (QED) is 0.685. The van der Waals surface area contributed by atoms with E-state index in [1.54, 1.807) is 26.4 Å². The van der Waals surface area contributed by atoms with Crippen molar-refractivity contribution in [2.24, 2.45) is 0 Å². The van der Waals surface area contributed by atoms with Crippen molar-refractivity contribution in [3.63, 3.8) is 0 Å². The van der Waals surface area contributed by atoms with Gasteiger partial charge in [0.15, 0.2) is 16.6 Å². The van der Waals surface area contributed by atoms with Crippen LogP contribution in [-0.2, 0) is 4.79 Å². The SMILES string of the molecule is COc1cccc(/C=C2/NC(=S)N(c3ccccc3)C2=O)c1OC. The highest BCUT2D eigenvalue weighted by atomic mass is 32.1. The van der Waals surface area contributed by atoms with Gasteiger partial charge in [-0.1, -0.05) is 30.3 Å². The number of nitrogens with zero attached hydrogens (tertiary/aromatic N) is 1. The molecule has 1 aliphatic rings. The largest absolute Gasteiger partial charge is 0.493 e. The summed E-state index contributed by atoms with van der Waals surface area (Å²) in [4.78, 5) is 14.2. The fourth-order valence-corrected chi connectivity index (χ4v) is 2.83. The van der Waals surface area contributed by atoms with Crippen molar-refractivity contribution < 1.29 is 14.3 Å². The second-order valence-corrected chi connectivity index (χ2v) is 5.43. The number of rotatable bonds is 4. The van der Waals surface area contributed by atoms with Gasteiger partial charge in [0, 0.05) is 5.56 Å². The third kappa shape index (κ3) is 2.83. The predicted molar refractivity (Wildman–Crippen MR) is 97.2 cm³/mol. The molecule has 2 aromatic rings. The molecule has 0 spiro atoms. The second kappa shape index (κ2) is 6.72. The number of carbonyl (C=O) groups is 1. The molecule has 1 aliphatic heterocycles. The number of carbonyl (C=O) groups excluding carboxylic acids is 1. The number of amides is 1. The lowest BCUT2D eigenvalue weighted by atomic mass is 10.1. The number of thiocarbonyl (C=S) groups is 1. The molecule has 3 rings (SSSR count). The Bertz CT molecular complexity index is 818. The van der Waals surface area contributed by atoms with Crippen LogP contribution < -0.4 is 19.7 Å². The van der Waals surface area contributed by atoms with Gasteiger partial charge in [-0.3, -0.25) is 9.69 Å². The molecule has 1 N–H and O–H groups in total. The predicted octanol–water partition coefficient (Wildman–Crippen LogP) is 2.97. The number of ether oxygens (including phenoxy) is 2. The van der Waals surface area contributed by atoms with E-state index in [1.807, 2.05) is 42.5 Å². The van der Waals surface area contributed by atoms with Crippen molar-refractivity contribution in [3.8, 4) is 11.5 Å². The minimum atomic E-state index is -0.212. The summed E-state index contributed by atoms with van der Waals surface area (Å²) in [6.07, 6.45) is 1.71. The first-order valence-corrected chi connectivity index (χ1v) is 7.69. The van der Waals surface area contributed by atoms with E-state index in [2.05, 4.69) is 5.32 Å². The molecule has 1 heterocycles. The fourth-order valence-electron chi connectivity index (χ4n) is 2.53. The van der Waals surface area contributed by atoms with E-state index in [9.17, 15) is 4.79 Å². The van der Waals surface area contributed by atoms with Gasteiger partial charge in [0.1, 0.15) is 5.70 Å². The van der Waals surface area contributed by atoms with Crippen LogP contribution in [0.5, 0.6) is 11.5 Å². The lowest BCUT2D eigenvalue weighted by molar-refractivity contribution is -0.113. The van der Waals surface area contributed by atoms with Gasteiger partial charge in [0.25, 0.3) is 5.91 Å². The summed E-state index contributed by atoms with van der Waals surface area (Å²) in [5.41, 5.74) is 1.84. The van der Waals surface area contributed by atoms with Crippen LogP contribution in [0.15, 0.2) is 54.2 Å². The number of nitrogens with one attached hydrogen (secondary N) is 1. The Morgan fingerprint density at radius 3 is 2.46 bits per heavy atom. The molecule has 1 saturated heterocycles. The zero-order valence-electron chi connectivity index (χ0n) is 13.3. The first-order chi connectivity index (χ1) is 11.7. The zero-order chi connectivity index (χ0) is 17.1. The van der Waals surface area contributed by atoms with E-state index in [4.69, 9.17) is 21.7 Å². The molecule has 2 aromatic carbocycles. The van der Waals surface area contributed by atoms with Crippen molar-refractivity contribution in [3.05, 3.63) is 59.8 Å².